The van der Waals surface area contributed by atoms with Gasteiger partial charge in [0.2, 0.25) is 0 Å². The zero-order chi connectivity index (χ0) is 10.4. The molecule has 9 heteroatoms. The predicted molar refractivity (Wildman–Crippen MR) is 48.8 cm³/mol. The number of nitrogens with two attached hydrogens (primary N) is 1. The summed E-state index contributed by atoms with van der Waals surface area (Å²) in [6.45, 7) is 0.472. The van der Waals surface area contributed by atoms with Gasteiger partial charge in [0.15, 0.2) is 0 Å². The number of halogens is 2. The van der Waals surface area contributed by atoms with Gasteiger partial charge in [0.1, 0.15) is 0 Å². The van der Waals surface area contributed by atoms with E-state index in [-0.39, 0.29) is 23.7 Å². The van der Waals surface area contributed by atoms with Crippen molar-refractivity contribution in [3.8, 4) is 0 Å². The van der Waals surface area contributed by atoms with Crippen molar-refractivity contribution in [2.24, 2.45) is 5.73 Å². The normalized spacial score (nSPS) is 6.86. The second kappa shape index (κ2) is 23.1. The van der Waals surface area contributed by atoms with E-state index in [4.69, 9.17) is 10.8 Å². The molecule has 0 aliphatic carbocycles. The second-order valence-corrected chi connectivity index (χ2v) is 1.85. The first kappa shape index (κ1) is 19.5. The molecule has 3 N–H and O–H groups in total. The Morgan fingerprint density at radius 1 is 1.29 bits per heavy atom. The third-order valence-electron chi connectivity index (χ3n) is 0.538. The van der Waals surface area contributed by atoms with Crippen LogP contribution in [0, 0.1) is 0 Å². The van der Waals surface area contributed by atoms with Crippen LogP contribution >= 0.6 is 23.7 Å². The van der Waals surface area contributed by atoms with E-state index in [1.165, 1.54) is 0 Å². The van der Waals surface area contributed by atoms with Crippen molar-refractivity contribution >= 4 is 23.7 Å². The molecule has 0 aliphatic rings. The summed E-state index contributed by atoms with van der Waals surface area (Å²) in [7, 11) is 0. The van der Waals surface area contributed by atoms with Gasteiger partial charge in [-0.3, -0.25) is 0 Å². The Labute approximate surface area is 103 Å². The average Bonchev–Trinajstić information content (AvgIpc) is 2.22. The number of hydrogen-bond donors (Lipinski definition) is 2. The zero-order valence-electron chi connectivity index (χ0n) is 6.98. The van der Waals surface area contributed by atoms with Gasteiger partial charge < -0.3 is 10.8 Å². The van der Waals surface area contributed by atoms with Crippen molar-refractivity contribution in [3.05, 3.63) is 18.5 Å². The Morgan fingerprint density at radius 3 is 1.71 bits per heavy atom. The summed E-state index contributed by atoms with van der Waals surface area (Å²) in [4.78, 5) is 0. The molecule has 87 valence electrons. The summed E-state index contributed by atoms with van der Waals surface area (Å²) in [6.07, 6.45) is 3.15. The fourth-order valence-corrected chi connectivity index (χ4v) is 0.205. The van der Waals surface area contributed by atoms with Gasteiger partial charge in [0.25, 0.3) is 0 Å². The van der Waals surface area contributed by atoms with Gasteiger partial charge in [0, 0.05) is 23.6 Å². The molecule has 1 radical (unpaired) electrons. The Balaban J connectivity index is -0.000000135. The van der Waals surface area contributed by atoms with Crippen LogP contribution in [0.15, 0.2) is 18.5 Å². The number of aliphatic hydroxyl groups excluding tert-OH is 1. The Morgan fingerprint density at radius 2 is 1.64 bits per heavy atom. The molecule has 0 spiro atoms. The quantitative estimate of drug-likeness (QED) is 0.714. The van der Waals surface area contributed by atoms with E-state index in [1.807, 2.05) is 0 Å². The van der Waals surface area contributed by atoms with Crippen molar-refractivity contribution in [1.29, 1.82) is 0 Å². The molecule has 1 aromatic rings. The van der Waals surface area contributed by atoms with E-state index in [0.717, 1.165) is 0 Å². The molecule has 1 rings (SSSR count). The number of nitrogens with zero attached hydrogens (tertiary/aromatic N) is 3. The van der Waals surface area contributed by atoms with E-state index >= 15 is 0 Å². The Kier molecular flexibility index (Phi) is 32.3. The van der Waals surface area contributed by atoms with E-state index in [0.29, 0.717) is 6.54 Å². The van der Waals surface area contributed by atoms with E-state index in [9.17, 15) is 0 Å². The van der Waals surface area contributed by atoms with Crippen LogP contribution in [0.1, 0.15) is 0 Å². The molecular weight excluding hydrogens is 283 g/mol. The van der Waals surface area contributed by atoms with Crippen LogP contribution in [-0.4, -0.2) is 33.7 Å². The van der Waals surface area contributed by atoms with Gasteiger partial charge in [-0.15, -0.1) is 10.2 Å². The van der Waals surface area contributed by atoms with Gasteiger partial charge in [-0.1, -0.05) is 0 Å². The largest absolute Gasteiger partial charge is 0.395 e. The molecule has 0 saturated carbocycles. The van der Waals surface area contributed by atoms with E-state index < -0.39 is 0 Å². The predicted octanol–water partition coefficient (Wildman–Crippen LogP) is 0.117. The fraction of sp³-hybridized carbons (Fsp3) is 0.400. The molecule has 6 nitrogen and oxygen atoms in total. The minimum Gasteiger partial charge on any atom is -0.395 e. The van der Waals surface area contributed by atoms with Crippen LogP contribution in [0.5, 0.6) is 0 Å². The van der Waals surface area contributed by atoms with Crippen molar-refractivity contribution in [1.82, 2.24) is 15.4 Å². The molecule has 0 aliphatic heterocycles. The van der Waals surface area contributed by atoms with E-state index in [1.54, 1.807) is 18.5 Å². The zero-order valence-corrected chi connectivity index (χ0v) is 9.43. The first-order chi connectivity index (χ1) is 6.33. The van der Waals surface area contributed by atoms with Gasteiger partial charge >= 0.3 is 0 Å². The monoisotopic (exact) mass is 291 g/mol. The summed E-state index contributed by atoms with van der Waals surface area (Å²) in [5.74, 6) is 0. The van der Waals surface area contributed by atoms with Crippen molar-refractivity contribution in [2.45, 2.75) is 0 Å². The third-order valence-corrected chi connectivity index (χ3v) is 0.538. The van der Waals surface area contributed by atoms with Gasteiger partial charge in [-0.05, 0) is 11.3 Å². The Bertz CT molecular complexity index is 133. The van der Waals surface area contributed by atoms with Gasteiger partial charge in [-0.2, -0.15) is 3.84 Å². The molecule has 1 heterocycles. The number of aliphatic hydroxyl groups is 1. The molecule has 0 saturated heterocycles. The maximum absolute atomic E-state index is 7.75. The maximum Gasteiger partial charge on any atom is 0.0832 e. The number of rotatable bonds is 1. The first-order valence-corrected chi connectivity index (χ1v) is 3.73. The minimum atomic E-state index is 0. The number of hydrogen-bond acceptors (Lipinski definition) is 6. The summed E-state index contributed by atoms with van der Waals surface area (Å²) in [5, 5.41) is 17.9. The first-order valence-electron chi connectivity index (χ1n) is 3.12. The number of aromatic nitrogens is 3. The van der Waals surface area contributed by atoms with Crippen LogP contribution in [-0.2, 0) is 20.9 Å². The SMILES string of the molecule is ClOCl.NCCO.[Cu].c1cnnnc1. The summed E-state index contributed by atoms with van der Waals surface area (Å²) in [5.41, 5.74) is 4.78. The van der Waals surface area contributed by atoms with Gasteiger partial charge in [-0.25, -0.2) is 0 Å². The molecule has 0 fully saturated rings. The van der Waals surface area contributed by atoms with Crippen LogP contribution in [0.2, 0.25) is 0 Å². The van der Waals surface area contributed by atoms with Crippen molar-refractivity contribution in [3.63, 3.8) is 0 Å². The van der Waals surface area contributed by atoms with Crippen LogP contribution in [0.4, 0.5) is 0 Å². The summed E-state index contributed by atoms with van der Waals surface area (Å²) >= 11 is 8.53. The summed E-state index contributed by atoms with van der Waals surface area (Å²) in [6, 6.07) is 1.72. The molecule has 0 unspecified atom stereocenters. The molecule has 0 aromatic carbocycles. The average molecular weight is 293 g/mol. The molecule has 14 heavy (non-hydrogen) atoms. The standard InChI is InChI=1S/C3H3N3.C2H7NO.Cl2O.Cu/c1-2-4-6-5-3-1;3-1-2-4;1-3-2;/h1-3H;4H,1-3H2;;. The maximum atomic E-state index is 7.75. The van der Waals surface area contributed by atoms with Crippen molar-refractivity contribution < 1.29 is 26.0 Å². The smallest absolute Gasteiger partial charge is 0.0832 e. The Hall–Kier alpha value is -0.0105. The molecule has 0 amide bonds. The molecule has 1 aromatic heterocycles. The van der Waals surface area contributed by atoms with Crippen LogP contribution in [0.25, 0.3) is 0 Å². The topological polar surface area (TPSA) is 94.2 Å². The second-order valence-electron chi connectivity index (χ2n) is 1.38. The van der Waals surface area contributed by atoms with E-state index in [2.05, 4.69) is 43.0 Å². The van der Waals surface area contributed by atoms with Gasteiger partial charge in [0.05, 0.1) is 42.7 Å². The minimum absolute atomic E-state index is 0. The van der Waals surface area contributed by atoms with Crippen LogP contribution in [0.3, 0.4) is 0 Å². The van der Waals surface area contributed by atoms with Crippen molar-refractivity contribution in [2.75, 3.05) is 13.2 Å². The van der Waals surface area contributed by atoms with Crippen LogP contribution < -0.4 is 5.73 Å². The summed E-state index contributed by atoms with van der Waals surface area (Å²) < 4.78 is 3.19. The third kappa shape index (κ3) is 29.6. The molecule has 0 bridgehead atoms. The molecule has 0 atom stereocenters. The fourth-order valence-electron chi connectivity index (χ4n) is 0.205. The molecular formula is C5H10Cl2CuN4O2.